The lowest BCUT2D eigenvalue weighted by atomic mass is 10.1. The number of nitrogens with one attached hydrogen (secondary N) is 3. The average Bonchev–Trinajstić information content (AvgIpc) is 3.42. The quantitative estimate of drug-likeness (QED) is 0.118. The third-order valence-corrected chi connectivity index (χ3v) is 6.61. The first-order chi connectivity index (χ1) is 18.0. The second-order valence-electron chi connectivity index (χ2n) is 9.59. The molecule has 0 heterocycles. The van der Waals surface area contributed by atoms with Crippen LogP contribution in [0.4, 0.5) is 5.69 Å². The van der Waals surface area contributed by atoms with Gasteiger partial charge in [-0.2, -0.15) is 0 Å². The van der Waals surface area contributed by atoms with Gasteiger partial charge in [-0.25, -0.2) is 10.3 Å². The van der Waals surface area contributed by atoms with E-state index in [1.807, 2.05) is 54.6 Å². The van der Waals surface area contributed by atoms with E-state index in [1.54, 1.807) is 5.48 Å². The molecule has 8 nitrogen and oxygen atoms in total. The van der Waals surface area contributed by atoms with Crippen LogP contribution in [0.2, 0.25) is 0 Å². The van der Waals surface area contributed by atoms with Crippen molar-refractivity contribution in [3.63, 3.8) is 0 Å². The number of carbonyl (C=O) groups excluding carboxylic acids is 3. The van der Waals surface area contributed by atoms with Crippen LogP contribution in [-0.4, -0.2) is 35.6 Å². The van der Waals surface area contributed by atoms with Crippen LogP contribution in [0.3, 0.4) is 0 Å². The first-order valence-electron chi connectivity index (χ1n) is 13.4. The Bertz CT molecular complexity index is 992. The van der Waals surface area contributed by atoms with Crippen molar-refractivity contribution in [2.75, 3.05) is 11.9 Å². The Labute approximate surface area is 219 Å². The molecule has 1 aliphatic rings. The molecular weight excluding hydrogens is 470 g/mol. The van der Waals surface area contributed by atoms with E-state index in [0.717, 1.165) is 61.8 Å². The predicted octanol–water partition coefficient (Wildman–Crippen LogP) is 4.83. The minimum Gasteiger partial charge on any atom is -0.461 e. The molecule has 0 bridgehead atoms. The summed E-state index contributed by atoms with van der Waals surface area (Å²) in [5, 5.41) is 14.8. The van der Waals surface area contributed by atoms with Crippen LogP contribution >= 0.6 is 0 Å². The van der Waals surface area contributed by atoms with Crippen LogP contribution in [0.15, 0.2) is 54.6 Å². The zero-order chi connectivity index (χ0) is 26.3. The number of carbonyl (C=O) groups is 3. The van der Waals surface area contributed by atoms with E-state index in [-0.39, 0.29) is 30.3 Å². The Kier molecular flexibility index (Phi) is 12.1. The minimum absolute atomic E-state index is 0.0218. The molecule has 2 amide bonds. The summed E-state index contributed by atoms with van der Waals surface area (Å²) in [5.74, 6) is -0.648. The van der Waals surface area contributed by atoms with E-state index in [4.69, 9.17) is 9.94 Å². The SMILES string of the molecule is O=C(CCCCCCC(=O)Nc1cccc(CCNC(C(=O)OC2CCCC2)c2ccccc2)c1)NO. The Hall–Kier alpha value is -3.23. The lowest BCUT2D eigenvalue weighted by molar-refractivity contribution is -0.151. The Balaban J connectivity index is 1.43. The molecule has 2 aromatic carbocycles. The number of hydroxylamine groups is 1. The topological polar surface area (TPSA) is 117 Å². The standard InChI is InChI=1S/C29H39N3O5/c33-26(17-6-1-2-7-18-27(34)32-36)31-24-14-10-11-22(21-24)19-20-30-28(23-12-4-3-5-13-23)29(35)37-25-15-8-9-16-25/h3-5,10-14,21,25,28,30,36H,1-2,6-9,15-20H2,(H,31,33)(H,32,34). The van der Waals surface area contributed by atoms with E-state index in [0.29, 0.717) is 25.8 Å². The third-order valence-electron chi connectivity index (χ3n) is 6.61. The third kappa shape index (κ3) is 10.3. The van der Waals surface area contributed by atoms with Crippen molar-refractivity contribution in [1.29, 1.82) is 0 Å². The molecule has 0 aromatic heterocycles. The molecule has 3 rings (SSSR count). The van der Waals surface area contributed by atoms with E-state index in [1.165, 1.54) is 0 Å². The minimum atomic E-state index is -0.511. The van der Waals surface area contributed by atoms with Crippen LogP contribution in [0, 0.1) is 0 Å². The summed E-state index contributed by atoms with van der Waals surface area (Å²) >= 11 is 0. The van der Waals surface area contributed by atoms with Crippen LogP contribution < -0.4 is 16.1 Å². The molecule has 0 spiro atoms. The second-order valence-corrected chi connectivity index (χ2v) is 9.59. The smallest absolute Gasteiger partial charge is 0.328 e. The van der Waals surface area contributed by atoms with Gasteiger partial charge in [-0.05, 0) is 68.2 Å². The van der Waals surface area contributed by atoms with Gasteiger partial charge in [0, 0.05) is 25.1 Å². The van der Waals surface area contributed by atoms with Crippen molar-refractivity contribution in [2.45, 2.75) is 82.8 Å². The van der Waals surface area contributed by atoms with Crippen molar-refractivity contribution in [3.8, 4) is 0 Å². The maximum atomic E-state index is 12.9. The summed E-state index contributed by atoms with van der Waals surface area (Å²) in [5.41, 5.74) is 4.32. The largest absolute Gasteiger partial charge is 0.461 e. The maximum Gasteiger partial charge on any atom is 0.328 e. The monoisotopic (exact) mass is 509 g/mol. The average molecular weight is 510 g/mol. The van der Waals surface area contributed by atoms with Crippen molar-refractivity contribution >= 4 is 23.5 Å². The van der Waals surface area contributed by atoms with E-state index in [2.05, 4.69) is 10.6 Å². The highest BCUT2D eigenvalue weighted by atomic mass is 16.5. The number of esters is 1. The maximum absolute atomic E-state index is 12.9. The van der Waals surface area contributed by atoms with Crippen LogP contribution in [0.5, 0.6) is 0 Å². The van der Waals surface area contributed by atoms with Gasteiger partial charge >= 0.3 is 5.97 Å². The number of amides is 2. The number of ether oxygens (including phenoxy) is 1. The van der Waals surface area contributed by atoms with Crippen molar-refractivity contribution < 1.29 is 24.3 Å². The number of unbranched alkanes of at least 4 members (excludes halogenated alkanes) is 3. The molecule has 200 valence electrons. The first-order valence-corrected chi connectivity index (χ1v) is 13.4. The second kappa shape index (κ2) is 15.8. The summed E-state index contributed by atoms with van der Waals surface area (Å²) in [7, 11) is 0. The fraction of sp³-hybridized carbons (Fsp3) is 0.483. The van der Waals surface area contributed by atoms with Gasteiger partial charge in [0.15, 0.2) is 0 Å². The first kappa shape index (κ1) is 28.3. The molecule has 1 unspecified atom stereocenters. The Morgan fingerprint density at radius 1 is 0.892 bits per heavy atom. The highest BCUT2D eigenvalue weighted by molar-refractivity contribution is 5.90. The molecule has 1 fully saturated rings. The molecule has 0 saturated heterocycles. The highest BCUT2D eigenvalue weighted by Gasteiger charge is 2.26. The van der Waals surface area contributed by atoms with Crippen LogP contribution in [0.1, 0.15) is 81.4 Å². The normalized spacial score (nSPS) is 14.2. The summed E-state index contributed by atoms with van der Waals surface area (Å²) in [4.78, 5) is 36.3. The van der Waals surface area contributed by atoms with Gasteiger partial charge in [-0.15, -0.1) is 0 Å². The Morgan fingerprint density at radius 3 is 2.30 bits per heavy atom. The number of anilines is 1. The van der Waals surface area contributed by atoms with Gasteiger partial charge in [0.1, 0.15) is 12.1 Å². The zero-order valence-electron chi connectivity index (χ0n) is 21.4. The summed E-state index contributed by atoms with van der Waals surface area (Å²) < 4.78 is 5.79. The van der Waals surface area contributed by atoms with Crippen LogP contribution in [0.25, 0.3) is 0 Å². The Morgan fingerprint density at radius 2 is 1.59 bits per heavy atom. The number of hydrogen-bond acceptors (Lipinski definition) is 6. The fourth-order valence-corrected chi connectivity index (χ4v) is 4.59. The molecule has 1 saturated carbocycles. The van der Waals surface area contributed by atoms with Gasteiger partial charge < -0.3 is 15.4 Å². The zero-order valence-corrected chi connectivity index (χ0v) is 21.4. The molecule has 0 aliphatic heterocycles. The van der Waals surface area contributed by atoms with Gasteiger partial charge in [-0.3, -0.25) is 14.8 Å². The molecule has 8 heteroatoms. The summed E-state index contributed by atoms with van der Waals surface area (Å²) in [6.07, 6.45) is 8.65. The van der Waals surface area contributed by atoms with Gasteiger partial charge in [-0.1, -0.05) is 55.3 Å². The van der Waals surface area contributed by atoms with Crippen LogP contribution in [-0.2, 0) is 25.5 Å². The lowest BCUT2D eigenvalue weighted by Crippen LogP contribution is -2.33. The van der Waals surface area contributed by atoms with E-state index >= 15 is 0 Å². The lowest BCUT2D eigenvalue weighted by Gasteiger charge is -2.21. The highest BCUT2D eigenvalue weighted by Crippen LogP contribution is 2.24. The molecule has 1 aliphatic carbocycles. The van der Waals surface area contributed by atoms with E-state index in [9.17, 15) is 14.4 Å². The van der Waals surface area contributed by atoms with Crippen molar-refractivity contribution in [3.05, 3.63) is 65.7 Å². The fourth-order valence-electron chi connectivity index (χ4n) is 4.59. The van der Waals surface area contributed by atoms with E-state index < -0.39 is 6.04 Å². The van der Waals surface area contributed by atoms with Gasteiger partial charge in [0.2, 0.25) is 11.8 Å². The van der Waals surface area contributed by atoms with Crippen molar-refractivity contribution in [2.24, 2.45) is 0 Å². The predicted molar refractivity (Wildman–Crippen MR) is 142 cm³/mol. The number of rotatable bonds is 15. The number of benzene rings is 2. The molecule has 1 atom stereocenters. The molecular formula is C29H39N3O5. The van der Waals surface area contributed by atoms with Crippen molar-refractivity contribution in [1.82, 2.24) is 10.8 Å². The summed E-state index contributed by atoms with van der Waals surface area (Å²) in [6.45, 7) is 0.588. The van der Waals surface area contributed by atoms with Gasteiger partial charge in [0.25, 0.3) is 0 Å². The van der Waals surface area contributed by atoms with Gasteiger partial charge in [0.05, 0.1) is 0 Å². The molecule has 2 aromatic rings. The molecule has 37 heavy (non-hydrogen) atoms. The molecule has 4 N–H and O–H groups in total. The number of hydrogen-bond donors (Lipinski definition) is 4. The molecule has 0 radical (unpaired) electrons. The summed E-state index contributed by atoms with van der Waals surface area (Å²) in [6, 6.07) is 16.9.